The van der Waals surface area contributed by atoms with Crippen LogP contribution in [-0.4, -0.2) is 16.3 Å². The second kappa shape index (κ2) is 6.55. The molecule has 0 aliphatic carbocycles. The van der Waals surface area contributed by atoms with Gasteiger partial charge >= 0.3 is 0 Å². The summed E-state index contributed by atoms with van der Waals surface area (Å²) in [6, 6.07) is 5.98. The largest absolute Gasteiger partial charge is 0.306 e. The number of nitrogens with zero attached hydrogens (tertiary/aromatic N) is 2. The fourth-order valence-corrected chi connectivity index (χ4v) is 2.65. The molecular formula is C14H17BrClN3. The van der Waals surface area contributed by atoms with Crippen LogP contribution < -0.4 is 5.32 Å². The minimum atomic E-state index is 0.0651. The zero-order valence-electron chi connectivity index (χ0n) is 11.0. The zero-order valence-corrected chi connectivity index (χ0v) is 13.4. The number of benzene rings is 1. The molecule has 2 rings (SSSR count). The van der Waals surface area contributed by atoms with E-state index in [4.69, 9.17) is 11.6 Å². The van der Waals surface area contributed by atoms with Gasteiger partial charge in [-0.25, -0.2) is 0 Å². The van der Waals surface area contributed by atoms with Crippen LogP contribution in [0.5, 0.6) is 0 Å². The summed E-state index contributed by atoms with van der Waals surface area (Å²) in [5.74, 6) is 0. The average Bonchev–Trinajstić information content (AvgIpc) is 2.88. The third-order valence-corrected chi connectivity index (χ3v) is 3.83. The SMILES string of the molecule is CCNC(c1cnn(CC)c1)c1cc(Br)ccc1Cl. The number of hydrogen-bond donors (Lipinski definition) is 1. The van der Waals surface area contributed by atoms with Crippen molar-refractivity contribution in [2.75, 3.05) is 6.54 Å². The van der Waals surface area contributed by atoms with Gasteiger partial charge in [-0.15, -0.1) is 0 Å². The van der Waals surface area contributed by atoms with Gasteiger partial charge in [-0.1, -0.05) is 34.5 Å². The smallest absolute Gasteiger partial charge is 0.0622 e. The Balaban J connectivity index is 2.41. The molecule has 1 N–H and O–H groups in total. The lowest BCUT2D eigenvalue weighted by Crippen LogP contribution is -2.22. The van der Waals surface area contributed by atoms with Crippen LogP contribution in [0.2, 0.25) is 5.02 Å². The second-order valence-corrected chi connectivity index (χ2v) is 5.61. The molecule has 1 heterocycles. The van der Waals surface area contributed by atoms with E-state index in [1.54, 1.807) is 0 Å². The molecule has 1 unspecified atom stereocenters. The van der Waals surface area contributed by atoms with Crippen molar-refractivity contribution in [2.24, 2.45) is 0 Å². The van der Waals surface area contributed by atoms with Gasteiger partial charge in [0, 0.05) is 27.8 Å². The van der Waals surface area contributed by atoms with Gasteiger partial charge in [-0.3, -0.25) is 4.68 Å². The lowest BCUT2D eigenvalue weighted by atomic mass is 10.0. The summed E-state index contributed by atoms with van der Waals surface area (Å²) in [7, 11) is 0. The van der Waals surface area contributed by atoms with Gasteiger partial charge in [0.15, 0.2) is 0 Å². The molecule has 0 spiro atoms. The number of halogens is 2. The Morgan fingerprint density at radius 3 is 2.84 bits per heavy atom. The van der Waals surface area contributed by atoms with Crippen molar-refractivity contribution >= 4 is 27.5 Å². The van der Waals surface area contributed by atoms with E-state index in [0.29, 0.717) is 0 Å². The van der Waals surface area contributed by atoms with E-state index in [2.05, 4.69) is 52.5 Å². The normalized spacial score (nSPS) is 12.6. The molecule has 1 aromatic carbocycles. The topological polar surface area (TPSA) is 29.9 Å². The van der Waals surface area contributed by atoms with Crippen LogP contribution in [-0.2, 0) is 6.54 Å². The van der Waals surface area contributed by atoms with E-state index in [1.165, 1.54) is 0 Å². The van der Waals surface area contributed by atoms with Gasteiger partial charge in [-0.2, -0.15) is 5.10 Å². The van der Waals surface area contributed by atoms with Crippen LogP contribution in [0.1, 0.15) is 31.0 Å². The van der Waals surface area contributed by atoms with Crippen molar-refractivity contribution in [3.05, 3.63) is 51.2 Å². The van der Waals surface area contributed by atoms with Crippen LogP contribution in [0, 0.1) is 0 Å². The fourth-order valence-electron chi connectivity index (χ4n) is 2.05. The molecule has 0 radical (unpaired) electrons. The summed E-state index contributed by atoms with van der Waals surface area (Å²) in [5, 5.41) is 8.56. The predicted octanol–water partition coefficient (Wildman–Crippen LogP) is 4.02. The lowest BCUT2D eigenvalue weighted by molar-refractivity contribution is 0.625. The summed E-state index contributed by atoms with van der Waals surface area (Å²) in [6.45, 7) is 5.89. The molecule has 2 aromatic rings. The molecule has 1 atom stereocenters. The molecule has 0 amide bonds. The molecule has 0 bridgehead atoms. The molecule has 0 fully saturated rings. The fraction of sp³-hybridized carbons (Fsp3) is 0.357. The molecule has 0 saturated carbocycles. The van der Waals surface area contributed by atoms with E-state index in [1.807, 2.05) is 23.0 Å². The first-order chi connectivity index (χ1) is 9.15. The van der Waals surface area contributed by atoms with E-state index < -0.39 is 0 Å². The van der Waals surface area contributed by atoms with E-state index in [9.17, 15) is 0 Å². The standard InChI is InChI=1S/C14H17BrClN3/c1-3-17-14(10-8-18-19(4-2)9-10)12-7-11(15)5-6-13(12)16/h5-9,14,17H,3-4H2,1-2H3. The molecule has 19 heavy (non-hydrogen) atoms. The van der Waals surface area contributed by atoms with Gasteiger partial charge in [0.2, 0.25) is 0 Å². The van der Waals surface area contributed by atoms with Crippen LogP contribution in [0.25, 0.3) is 0 Å². The van der Waals surface area contributed by atoms with Crippen molar-refractivity contribution in [1.82, 2.24) is 15.1 Å². The van der Waals surface area contributed by atoms with E-state index in [-0.39, 0.29) is 6.04 Å². The highest BCUT2D eigenvalue weighted by molar-refractivity contribution is 9.10. The molecule has 1 aromatic heterocycles. The number of hydrogen-bond acceptors (Lipinski definition) is 2. The van der Waals surface area contributed by atoms with Crippen molar-refractivity contribution in [1.29, 1.82) is 0 Å². The van der Waals surface area contributed by atoms with Crippen molar-refractivity contribution in [3.63, 3.8) is 0 Å². The van der Waals surface area contributed by atoms with Gasteiger partial charge in [0.1, 0.15) is 0 Å². The Labute approximate surface area is 127 Å². The molecule has 5 heteroatoms. The zero-order chi connectivity index (χ0) is 13.8. The molecule has 0 saturated heterocycles. The maximum atomic E-state index is 6.33. The first-order valence-electron chi connectivity index (χ1n) is 6.36. The summed E-state index contributed by atoms with van der Waals surface area (Å²) in [4.78, 5) is 0. The first-order valence-corrected chi connectivity index (χ1v) is 7.53. The number of aryl methyl sites for hydroxylation is 1. The highest BCUT2D eigenvalue weighted by Crippen LogP contribution is 2.30. The summed E-state index contributed by atoms with van der Waals surface area (Å²) in [6.07, 6.45) is 3.96. The minimum absolute atomic E-state index is 0.0651. The number of rotatable bonds is 5. The Kier molecular flexibility index (Phi) is 5.02. The summed E-state index contributed by atoms with van der Waals surface area (Å²) >= 11 is 9.83. The molecular weight excluding hydrogens is 326 g/mol. The minimum Gasteiger partial charge on any atom is -0.306 e. The second-order valence-electron chi connectivity index (χ2n) is 4.29. The van der Waals surface area contributed by atoms with Gasteiger partial charge in [-0.05, 0) is 37.2 Å². The van der Waals surface area contributed by atoms with Crippen molar-refractivity contribution < 1.29 is 0 Å². The van der Waals surface area contributed by atoms with E-state index >= 15 is 0 Å². The summed E-state index contributed by atoms with van der Waals surface area (Å²) < 4.78 is 2.95. The van der Waals surface area contributed by atoms with Crippen molar-refractivity contribution in [3.8, 4) is 0 Å². The Hall–Kier alpha value is -0.840. The third kappa shape index (κ3) is 3.38. The Bertz CT molecular complexity index is 553. The van der Waals surface area contributed by atoms with Gasteiger partial charge < -0.3 is 5.32 Å². The van der Waals surface area contributed by atoms with E-state index in [0.717, 1.165) is 33.7 Å². The molecule has 3 nitrogen and oxygen atoms in total. The lowest BCUT2D eigenvalue weighted by Gasteiger charge is -2.18. The first kappa shape index (κ1) is 14.6. The quantitative estimate of drug-likeness (QED) is 0.889. The Morgan fingerprint density at radius 2 is 2.21 bits per heavy atom. The number of aromatic nitrogens is 2. The average molecular weight is 343 g/mol. The third-order valence-electron chi connectivity index (χ3n) is 2.99. The van der Waals surface area contributed by atoms with Gasteiger partial charge in [0.05, 0.1) is 12.2 Å². The van der Waals surface area contributed by atoms with Crippen LogP contribution in [0.3, 0.4) is 0 Å². The number of nitrogens with one attached hydrogen (secondary N) is 1. The summed E-state index contributed by atoms with van der Waals surface area (Å²) in [5.41, 5.74) is 2.19. The molecule has 102 valence electrons. The Morgan fingerprint density at radius 1 is 1.42 bits per heavy atom. The highest BCUT2D eigenvalue weighted by Gasteiger charge is 2.18. The van der Waals surface area contributed by atoms with Crippen LogP contribution in [0.15, 0.2) is 35.1 Å². The van der Waals surface area contributed by atoms with Crippen LogP contribution >= 0.6 is 27.5 Å². The van der Waals surface area contributed by atoms with Gasteiger partial charge in [0.25, 0.3) is 0 Å². The van der Waals surface area contributed by atoms with Crippen LogP contribution in [0.4, 0.5) is 0 Å². The molecule has 0 aliphatic rings. The monoisotopic (exact) mass is 341 g/mol. The molecule has 0 aliphatic heterocycles. The predicted molar refractivity (Wildman–Crippen MR) is 82.6 cm³/mol. The van der Waals surface area contributed by atoms with Crippen molar-refractivity contribution in [2.45, 2.75) is 26.4 Å². The maximum absolute atomic E-state index is 6.33. The maximum Gasteiger partial charge on any atom is 0.0622 e. The highest BCUT2D eigenvalue weighted by atomic mass is 79.9.